The lowest BCUT2D eigenvalue weighted by atomic mass is 9.64. The van der Waals surface area contributed by atoms with Crippen molar-refractivity contribution in [2.75, 3.05) is 6.54 Å². The van der Waals surface area contributed by atoms with E-state index in [0.717, 1.165) is 30.4 Å². The first-order chi connectivity index (χ1) is 19.0. The molecule has 4 atom stereocenters. The van der Waals surface area contributed by atoms with Crippen molar-refractivity contribution in [3.05, 3.63) is 69.7 Å². The standard InChI is InChI=1S/C30H36Cl2N2O5S/c1-2-30(17-27(35)36)16-25(21-5-3-6-23(32)15-21)28(20-11-13-22(31)14-12-20)34(29(30)37)26(19-9-10-19)18-33-40(38,39)24-7-4-8-24/h3,5-6,11-15,19,24-26,28,33H,2,4,7-10,16-18H2,1H3,(H,35,36)/t25-,26?,28?,30-/m1/s1. The highest BCUT2D eigenvalue weighted by molar-refractivity contribution is 7.90. The molecule has 0 spiro atoms. The van der Waals surface area contributed by atoms with Gasteiger partial charge in [-0.1, -0.05) is 60.8 Å². The molecule has 2 unspecified atom stereocenters. The predicted octanol–water partition coefficient (Wildman–Crippen LogP) is 6.17. The number of benzene rings is 2. The van der Waals surface area contributed by atoms with E-state index in [4.69, 9.17) is 23.2 Å². The summed E-state index contributed by atoms with van der Waals surface area (Å²) in [4.78, 5) is 28.6. The average molecular weight is 608 g/mol. The number of nitrogens with one attached hydrogen (secondary N) is 1. The summed E-state index contributed by atoms with van der Waals surface area (Å²) in [7, 11) is -3.51. The summed E-state index contributed by atoms with van der Waals surface area (Å²) >= 11 is 12.7. The second-order valence-corrected chi connectivity index (χ2v) is 14.5. The number of halogens is 2. The highest BCUT2D eigenvalue weighted by atomic mass is 35.5. The van der Waals surface area contributed by atoms with E-state index >= 15 is 0 Å². The Labute approximate surface area is 246 Å². The molecule has 5 rings (SSSR count). The van der Waals surface area contributed by atoms with Crippen LogP contribution in [0.3, 0.4) is 0 Å². The first-order valence-electron chi connectivity index (χ1n) is 14.1. The molecule has 2 saturated carbocycles. The van der Waals surface area contributed by atoms with Crippen molar-refractivity contribution in [2.45, 2.75) is 81.5 Å². The third kappa shape index (κ3) is 5.91. The number of likely N-dealkylation sites (tertiary alicyclic amines) is 1. The number of piperidine rings is 1. The molecule has 1 heterocycles. The molecular formula is C30H36Cl2N2O5S. The van der Waals surface area contributed by atoms with Gasteiger partial charge in [-0.25, -0.2) is 13.1 Å². The number of carbonyl (C=O) groups is 2. The van der Waals surface area contributed by atoms with Crippen molar-refractivity contribution in [3.8, 4) is 0 Å². The Morgan fingerprint density at radius 3 is 2.33 bits per heavy atom. The Morgan fingerprint density at radius 2 is 1.77 bits per heavy atom. The first-order valence-corrected chi connectivity index (χ1v) is 16.4. The number of hydrogen-bond acceptors (Lipinski definition) is 4. The molecule has 1 saturated heterocycles. The average Bonchev–Trinajstić information content (AvgIpc) is 3.70. The van der Waals surface area contributed by atoms with Gasteiger partial charge in [0.25, 0.3) is 0 Å². The third-order valence-electron chi connectivity index (χ3n) is 9.14. The molecule has 216 valence electrons. The minimum absolute atomic E-state index is 0.106. The van der Waals surface area contributed by atoms with Crippen LogP contribution in [-0.4, -0.2) is 48.1 Å². The minimum Gasteiger partial charge on any atom is -0.481 e. The highest BCUT2D eigenvalue weighted by Gasteiger charge is 2.55. The maximum absolute atomic E-state index is 14.6. The van der Waals surface area contributed by atoms with Crippen LogP contribution in [0.2, 0.25) is 10.0 Å². The van der Waals surface area contributed by atoms with Gasteiger partial charge in [0.1, 0.15) is 0 Å². The van der Waals surface area contributed by atoms with Crippen molar-refractivity contribution in [1.29, 1.82) is 0 Å². The Balaban J connectivity index is 1.64. The lowest BCUT2D eigenvalue weighted by molar-refractivity contribution is -0.162. The topological polar surface area (TPSA) is 104 Å². The quantitative estimate of drug-likeness (QED) is 0.318. The maximum atomic E-state index is 14.6. The normalized spacial score (nSPS) is 26.4. The Kier molecular flexibility index (Phi) is 8.54. The van der Waals surface area contributed by atoms with E-state index in [0.29, 0.717) is 35.7 Å². The summed E-state index contributed by atoms with van der Waals surface area (Å²) in [6, 6.07) is 14.1. The van der Waals surface area contributed by atoms with Crippen LogP contribution in [-0.2, 0) is 19.6 Å². The molecule has 7 nitrogen and oxygen atoms in total. The minimum atomic E-state index is -3.51. The molecule has 0 aromatic heterocycles. The van der Waals surface area contributed by atoms with Crippen LogP contribution >= 0.6 is 23.2 Å². The Hall–Kier alpha value is -2.13. The zero-order chi connectivity index (χ0) is 28.7. The molecule has 0 bridgehead atoms. The Morgan fingerprint density at radius 1 is 1.07 bits per heavy atom. The van der Waals surface area contributed by atoms with Gasteiger partial charge in [-0.05, 0) is 79.8 Å². The number of sulfonamides is 1. The van der Waals surface area contributed by atoms with E-state index in [1.807, 2.05) is 42.2 Å². The van der Waals surface area contributed by atoms with Gasteiger partial charge in [0.15, 0.2) is 0 Å². The van der Waals surface area contributed by atoms with E-state index in [9.17, 15) is 23.1 Å². The fourth-order valence-corrected chi connectivity index (χ4v) is 8.41. The van der Waals surface area contributed by atoms with Crippen molar-refractivity contribution in [1.82, 2.24) is 9.62 Å². The number of carboxylic acids is 1. The smallest absolute Gasteiger partial charge is 0.304 e. The van der Waals surface area contributed by atoms with Crippen LogP contribution in [0, 0.1) is 11.3 Å². The molecule has 3 fully saturated rings. The maximum Gasteiger partial charge on any atom is 0.304 e. The van der Waals surface area contributed by atoms with Gasteiger partial charge in [0.2, 0.25) is 15.9 Å². The molecular weight excluding hydrogens is 571 g/mol. The number of hydrogen-bond donors (Lipinski definition) is 2. The molecule has 3 aliphatic rings. The van der Waals surface area contributed by atoms with E-state index in [1.165, 1.54) is 0 Å². The fourth-order valence-electron chi connectivity index (χ4n) is 6.49. The zero-order valence-corrected chi connectivity index (χ0v) is 24.9. The summed E-state index contributed by atoms with van der Waals surface area (Å²) in [6.45, 7) is 1.97. The van der Waals surface area contributed by atoms with E-state index in [1.54, 1.807) is 18.2 Å². The summed E-state index contributed by atoms with van der Waals surface area (Å²) < 4.78 is 28.9. The van der Waals surface area contributed by atoms with Crippen molar-refractivity contribution >= 4 is 45.1 Å². The molecule has 1 aliphatic heterocycles. The van der Waals surface area contributed by atoms with Gasteiger partial charge in [-0.3, -0.25) is 9.59 Å². The van der Waals surface area contributed by atoms with Crippen molar-refractivity contribution in [3.63, 3.8) is 0 Å². The fraction of sp³-hybridized carbons (Fsp3) is 0.533. The molecule has 2 aromatic rings. The first kappa shape index (κ1) is 29.4. The zero-order valence-electron chi connectivity index (χ0n) is 22.6. The summed E-state index contributed by atoms with van der Waals surface area (Å²) in [5, 5.41) is 10.7. The number of nitrogens with zero attached hydrogens (tertiary/aromatic N) is 1. The number of rotatable bonds is 11. The molecule has 2 aliphatic carbocycles. The molecule has 10 heteroatoms. The van der Waals surface area contributed by atoms with Gasteiger partial charge in [-0.15, -0.1) is 0 Å². The molecule has 2 aromatic carbocycles. The molecule has 40 heavy (non-hydrogen) atoms. The molecule has 0 radical (unpaired) electrons. The van der Waals surface area contributed by atoms with Gasteiger partial charge >= 0.3 is 5.97 Å². The second kappa shape index (κ2) is 11.6. The van der Waals surface area contributed by atoms with Crippen LogP contribution in [0.5, 0.6) is 0 Å². The second-order valence-electron chi connectivity index (χ2n) is 11.6. The largest absolute Gasteiger partial charge is 0.481 e. The summed E-state index contributed by atoms with van der Waals surface area (Å²) in [5.41, 5.74) is 0.648. The number of aliphatic carboxylic acids is 1. The molecule has 2 N–H and O–H groups in total. The van der Waals surface area contributed by atoms with Crippen molar-refractivity contribution in [2.24, 2.45) is 11.3 Å². The van der Waals surface area contributed by atoms with E-state index in [2.05, 4.69) is 4.72 Å². The van der Waals surface area contributed by atoms with Crippen LogP contribution in [0.15, 0.2) is 48.5 Å². The third-order valence-corrected chi connectivity index (χ3v) is 11.5. The Bertz CT molecular complexity index is 1360. The number of carbonyl (C=O) groups excluding carboxylic acids is 1. The summed E-state index contributed by atoms with van der Waals surface area (Å²) in [5.74, 6) is -1.39. The molecule has 1 amide bonds. The van der Waals surface area contributed by atoms with E-state index in [-0.39, 0.29) is 30.7 Å². The van der Waals surface area contributed by atoms with Crippen LogP contribution < -0.4 is 4.72 Å². The van der Waals surface area contributed by atoms with Gasteiger partial charge in [0, 0.05) is 28.5 Å². The lowest BCUT2D eigenvalue weighted by Gasteiger charge is -2.53. The monoisotopic (exact) mass is 606 g/mol. The number of amides is 1. The van der Waals surface area contributed by atoms with Gasteiger partial charge < -0.3 is 10.0 Å². The van der Waals surface area contributed by atoms with Crippen LogP contribution in [0.1, 0.15) is 81.4 Å². The van der Waals surface area contributed by atoms with Crippen LogP contribution in [0.4, 0.5) is 0 Å². The highest BCUT2D eigenvalue weighted by Crippen LogP contribution is 2.55. The van der Waals surface area contributed by atoms with Gasteiger partial charge in [-0.2, -0.15) is 0 Å². The van der Waals surface area contributed by atoms with Gasteiger partial charge in [0.05, 0.1) is 23.1 Å². The number of carboxylic acid groups (broad SMARTS) is 1. The lowest BCUT2D eigenvalue weighted by Crippen LogP contribution is -2.60. The van der Waals surface area contributed by atoms with E-state index < -0.39 is 38.7 Å². The SMILES string of the molecule is CC[C@]1(CC(=O)O)C[C@H](c2cccc(Cl)c2)C(c2ccc(Cl)cc2)N(C(CNS(=O)(=O)C2CCC2)C2CC2)C1=O. The van der Waals surface area contributed by atoms with Crippen LogP contribution in [0.25, 0.3) is 0 Å². The van der Waals surface area contributed by atoms with Crippen molar-refractivity contribution < 1.29 is 23.1 Å². The predicted molar refractivity (Wildman–Crippen MR) is 156 cm³/mol. The summed E-state index contributed by atoms with van der Waals surface area (Å²) in [6.07, 6.45) is 4.35.